The van der Waals surface area contributed by atoms with E-state index in [0.29, 0.717) is 0 Å². The molecule has 34 heavy (non-hydrogen) atoms. The van der Waals surface area contributed by atoms with Crippen molar-refractivity contribution < 1.29 is 9.59 Å². The molecule has 2 amide bonds. The van der Waals surface area contributed by atoms with Crippen LogP contribution >= 0.6 is 0 Å². The Morgan fingerprint density at radius 1 is 0.824 bits per heavy atom. The minimum Gasteiger partial charge on any atom is -0.347 e. The monoisotopic (exact) mass is 451 g/mol. The molecule has 0 fully saturated rings. The van der Waals surface area contributed by atoms with Crippen LogP contribution in [0, 0.1) is 27.7 Å². The number of hydrogen-bond acceptors (Lipinski definition) is 3. The molecule has 4 aromatic rings. The average molecular weight is 452 g/mol. The van der Waals surface area contributed by atoms with Gasteiger partial charge in [-0.1, -0.05) is 66.2 Å². The minimum absolute atomic E-state index is 0.0910. The summed E-state index contributed by atoms with van der Waals surface area (Å²) >= 11 is 0. The topological polar surface area (TPSA) is 71.1 Å². The van der Waals surface area contributed by atoms with Crippen LogP contribution in [-0.4, -0.2) is 23.3 Å². The smallest absolute Gasteiger partial charge is 0.243 e. The quantitative estimate of drug-likeness (QED) is 0.410. The number of aryl methyl sites for hydroxylation is 4. The Balaban J connectivity index is 1.53. The van der Waals surface area contributed by atoms with Crippen molar-refractivity contribution in [2.75, 3.05) is 11.9 Å². The Hall–Kier alpha value is -3.99. The van der Waals surface area contributed by atoms with Gasteiger partial charge in [-0.3, -0.25) is 14.6 Å². The summed E-state index contributed by atoms with van der Waals surface area (Å²) in [5.41, 5.74) is 8.57. The number of nitrogens with one attached hydrogen (secondary N) is 2. The number of anilines is 1. The van der Waals surface area contributed by atoms with E-state index in [-0.39, 0.29) is 24.8 Å². The molecule has 0 spiro atoms. The fraction of sp³-hybridized carbons (Fsp3) is 0.207. The van der Waals surface area contributed by atoms with Gasteiger partial charge in [-0.2, -0.15) is 0 Å². The third-order valence-corrected chi connectivity index (χ3v) is 5.99. The summed E-state index contributed by atoms with van der Waals surface area (Å²) < 4.78 is 0. The van der Waals surface area contributed by atoms with Crippen LogP contribution in [0.25, 0.3) is 22.0 Å². The van der Waals surface area contributed by atoms with E-state index in [1.165, 1.54) is 0 Å². The van der Waals surface area contributed by atoms with Gasteiger partial charge in [0.25, 0.3) is 0 Å². The highest BCUT2D eigenvalue weighted by Gasteiger charge is 2.18. The van der Waals surface area contributed by atoms with E-state index < -0.39 is 0 Å². The number of carbonyl (C=O) groups is 2. The summed E-state index contributed by atoms with van der Waals surface area (Å²) in [5, 5.41) is 6.71. The van der Waals surface area contributed by atoms with E-state index in [9.17, 15) is 9.59 Å². The van der Waals surface area contributed by atoms with Crippen LogP contribution in [0.3, 0.4) is 0 Å². The van der Waals surface area contributed by atoms with Crippen molar-refractivity contribution in [3.05, 3.63) is 94.7 Å². The number of nitrogens with zero attached hydrogens (tertiary/aromatic N) is 1. The first-order chi connectivity index (χ1) is 16.3. The predicted molar refractivity (Wildman–Crippen MR) is 138 cm³/mol. The molecule has 1 aromatic heterocycles. The molecular formula is C29H29N3O2. The van der Waals surface area contributed by atoms with Crippen molar-refractivity contribution in [3.63, 3.8) is 0 Å². The lowest BCUT2D eigenvalue weighted by molar-refractivity contribution is -0.123. The Kier molecular flexibility index (Phi) is 6.73. The molecule has 5 heteroatoms. The Morgan fingerprint density at radius 3 is 2.18 bits per heavy atom. The molecule has 0 aliphatic carbocycles. The molecule has 4 rings (SSSR count). The lowest BCUT2D eigenvalue weighted by Crippen LogP contribution is -2.34. The second-order valence-electron chi connectivity index (χ2n) is 8.71. The molecular weight excluding hydrogens is 422 g/mol. The predicted octanol–water partition coefficient (Wildman–Crippen LogP) is 5.43. The van der Waals surface area contributed by atoms with Crippen LogP contribution in [0.2, 0.25) is 0 Å². The zero-order chi connectivity index (χ0) is 24.2. The maximum atomic E-state index is 12.9. The molecule has 1 heterocycles. The first-order valence-electron chi connectivity index (χ1n) is 11.4. The number of rotatable bonds is 6. The van der Waals surface area contributed by atoms with Crippen LogP contribution in [0.5, 0.6) is 0 Å². The van der Waals surface area contributed by atoms with Gasteiger partial charge in [-0.15, -0.1) is 0 Å². The van der Waals surface area contributed by atoms with Crippen LogP contribution in [-0.2, 0) is 16.0 Å². The van der Waals surface area contributed by atoms with Crippen molar-refractivity contribution >= 4 is 28.4 Å². The number of fused-ring (bicyclic) bond motifs is 1. The Bertz CT molecular complexity index is 1350. The van der Waals surface area contributed by atoms with Gasteiger partial charge >= 0.3 is 0 Å². The van der Waals surface area contributed by atoms with Crippen LogP contribution in [0.15, 0.2) is 66.7 Å². The van der Waals surface area contributed by atoms with E-state index in [4.69, 9.17) is 4.98 Å². The maximum absolute atomic E-state index is 12.9. The molecule has 0 saturated carbocycles. The van der Waals surface area contributed by atoms with Gasteiger partial charge in [0.2, 0.25) is 11.8 Å². The molecule has 0 aliphatic rings. The number of para-hydroxylation sites is 1. The Morgan fingerprint density at radius 2 is 1.47 bits per heavy atom. The zero-order valence-electron chi connectivity index (χ0n) is 20.0. The van der Waals surface area contributed by atoms with Crippen LogP contribution in [0.1, 0.15) is 27.9 Å². The number of amides is 2. The summed E-state index contributed by atoms with van der Waals surface area (Å²) in [5.74, 6) is -0.468. The SMILES string of the molecule is Cc1cc(C)c(NC(=O)CNC(=O)Cc2c(C)nc3ccccc3c2-c2ccccc2)c(C)c1. The Labute approximate surface area is 200 Å². The zero-order valence-corrected chi connectivity index (χ0v) is 20.0. The second-order valence-corrected chi connectivity index (χ2v) is 8.71. The van der Waals surface area contributed by atoms with Gasteiger partial charge in [0.1, 0.15) is 0 Å². The summed E-state index contributed by atoms with van der Waals surface area (Å²) in [6, 6.07) is 22.1. The van der Waals surface area contributed by atoms with Crippen molar-refractivity contribution in [1.82, 2.24) is 10.3 Å². The summed E-state index contributed by atoms with van der Waals surface area (Å²) in [7, 11) is 0. The molecule has 0 aliphatic heterocycles. The number of hydrogen-bond donors (Lipinski definition) is 2. The molecule has 2 N–H and O–H groups in total. The van der Waals surface area contributed by atoms with Crippen molar-refractivity contribution in [2.24, 2.45) is 0 Å². The number of aromatic nitrogens is 1. The normalized spacial score (nSPS) is 10.8. The van der Waals surface area contributed by atoms with Crippen LogP contribution < -0.4 is 10.6 Å². The van der Waals surface area contributed by atoms with Gasteiger partial charge in [0.15, 0.2) is 0 Å². The van der Waals surface area contributed by atoms with Gasteiger partial charge < -0.3 is 10.6 Å². The first kappa shape index (κ1) is 23.2. The van der Waals surface area contributed by atoms with Crippen molar-refractivity contribution in [3.8, 4) is 11.1 Å². The molecule has 3 aromatic carbocycles. The summed E-state index contributed by atoms with van der Waals surface area (Å²) in [6.45, 7) is 7.80. The van der Waals surface area contributed by atoms with E-state index in [1.807, 2.05) is 94.4 Å². The molecule has 172 valence electrons. The van der Waals surface area contributed by atoms with Gasteiger partial charge in [-0.25, -0.2) is 0 Å². The fourth-order valence-corrected chi connectivity index (χ4v) is 4.49. The second kappa shape index (κ2) is 9.87. The van der Waals surface area contributed by atoms with Gasteiger partial charge in [0.05, 0.1) is 18.5 Å². The van der Waals surface area contributed by atoms with E-state index in [2.05, 4.69) is 10.6 Å². The lowest BCUT2D eigenvalue weighted by atomic mass is 9.92. The number of benzene rings is 3. The molecule has 0 atom stereocenters. The molecule has 0 bridgehead atoms. The van der Waals surface area contributed by atoms with Gasteiger partial charge in [0, 0.05) is 16.8 Å². The average Bonchev–Trinajstić information content (AvgIpc) is 2.81. The minimum atomic E-state index is -0.250. The standard InChI is InChI=1S/C29H29N3O2/c1-18-14-19(2)29(20(3)15-18)32-27(34)17-30-26(33)16-24-21(4)31-25-13-9-8-12-23(25)28(24)22-10-6-5-7-11-22/h5-15H,16-17H2,1-4H3,(H,30,33)(H,32,34). The summed E-state index contributed by atoms with van der Waals surface area (Å²) in [6.07, 6.45) is 0.143. The van der Waals surface area contributed by atoms with E-state index in [1.54, 1.807) is 0 Å². The highest BCUT2D eigenvalue weighted by molar-refractivity contribution is 5.99. The van der Waals surface area contributed by atoms with Crippen molar-refractivity contribution in [1.29, 1.82) is 0 Å². The fourth-order valence-electron chi connectivity index (χ4n) is 4.49. The third kappa shape index (κ3) is 4.99. The lowest BCUT2D eigenvalue weighted by Gasteiger charge is -2.16. The highest BCUT2D eigenvalue weighted by Crippen LogP contribution is 2.33. The largest absolute Gasteiger partial charge is 0.347 e. The van der Waals surface area contributed by atoms with Gasteiger partial charge in [-0.05, 0) is 61.6 Å². The maximum Gasteiger partial charge on any atom is 0.243 e. The molecule has 5 nitrogen and oxygen atoms in total. The first-order valence-corrected chi connectivity index (χ1v) is 11.4. The molecule has 0 radical (unpaired) electrons. The summed E-state index contributed by atoms with van der Waals surface area (Å²) in [4.78, 5) is 30.2. The third-order valence-electron chi connectivity index (χ3n) is 5.99. The molecule has 0 unspecified atom stereocenters. The van der Waals surface area contributed by atoms with Crippen molar-refractivity contribution in [2.45, 2.75) is 34.1 Å². The molecule has 0 saturated heterocycles. The number of pyridine rings is 1. The highest BCUT2D eigenvalue weighted by atomic mass is 16.2. The van der Waals surface area contributed by atoms with E-state index >= 15 is 0 Å². The van der Waals surface area contributed by atoms with E-state index in [0.717, 1.165) is 55.7 Å². The number of carbonyl (C=O) groups excluding carboxylic acids is 2. The van der Waals surface area contributed by atoms with Crippen LogP contribution in [0.4, 0.5) is 5.69 Å².